The summed E-state index contributed by atoms with van der Waals surface area (Å²) >= 11 is 1.61. The number of methoxy groups -OCH3 is 1. The number of benzene rings is 3. The number of rotatable bonds is 6. The predicted molar refractivity (Wildman–Crippen MR) is 115 cm³/mol. The van der Waals surface area contributed by atoms with Gasteiger partial charge in [-0.1, -0.05) is 42.5 Å². The molecule has 1 aliphatic heterocycles. The zero-order chi connectivity index (χ0) is 20.4. The molecule has 3 aromatic carbocycles. The third-order valence-corrected chi connectivity index (χ3v) is 6.11. The fraction of sp³-hybridized carbons (Fsp3) is 0.333. The summed E-state index contributed by atoms with van der Waals surface area (Å²) in [4.78, 5) is 0.869. The number of hydrogen-bond donors (Lipinski definition) is 0. The Morgan fingerprint density at radius 2 is 1.90 bits per heavy atom. The van der Waals surface area contributed by atoms with Crippen LogP contribution in [0.25, 0.3) is 10.8 Å². The molecule has 0 bridgehead atoms. The third kappa shape index (κ3) is 4.81. The van der Waals surface area contributed by atoms with Gasteiger partial charge < -0.3 is 14.2 Å². The SMILES string of the molecule is CO[C@@H](c1cc(F)cc(SCc2ccc3ccccc3c2)c1)[C@H]1COC(C)(C)O1. The van der Waals surface area contributed by atoms with Crippen molar-refractivity contribution in [3.05, 3.63) is 77.6 Å². The lowest BCUT2D eigenvalue weighted by molar-refractivity contribution is -0.154. The van der Waals surface area contributed by atoms with E-state index in [0.717, 1.165) is 16.2 Å². The Kier molecular flexibility index (Phi) is 5.93. The second-order valence-electron chi connectivity index (χ2n) is 7.71. The zero-order valence-electron chi connectivity index (χ0n) is 16.9. The van der Waals surface area contributed by atoms with E-state index in [-0.39, 0.29) is 18.0 Å². The van der Waals surface area contributed by atoms with Crippen molar-refractivity contribution in [3.8, 4) is 0 Å². The summed E-state index contributed by atoms with van der Waals surface area (Å²) in [5.74, 6) is -0.159. The molecule has 4 rings (SSSR count). The number of thioether (sulfide) groups is 1. The fourth-order valence-electron chi connectivity index (χ4n) is 3.69. The van der Waals surface area contributed by atoms with Crippen molar-refractivity contribution in [2.24, 2.45) is 0 Å². The first-order chi connectivity index (χ1) is 13.9. The van der Waals surface area contributed by atoms with Crippen LogP contribution in [0.15, 0.2) is 65.6 Å². The van der Waals surface area contributed by atoms with Crippen molar-refractivity contribution in [3.63, 3.8) is 0 Å². The van der Waals surface area contributed by atoms with E-state index in [1.165, 1.54) is 22.4 Å². The lowest BCUT2D eigenvalue weighted by Crippen LogP contribution is -2.26. The average molecular weight is 413 g/mol. The second kappa shape index (κ2) is 8.44. The number of fused-ring (bicyclic) bond motifs is 1. The lowest BCUT2D eigenvalue weighted by Gasteiger charge is -2.24. The highest BCUT2D eigenvalue weighted by Crippen LogP contribution is 2.35. The highest BCUT2D eigenvalue weighted by Gasteiger charge is 2.38. The van der Waals surface area contributed by atoms with Crippen LogP contribution < -0.4 is 0 Å². The van der Waals surface area contributed by atoms with Crippen LogP contribution in [0.2, 0.25) is 0 Å². The summed E-state index contributed by atoms with van der Waals surface area (Å²) < 4.78 is 31.6. The molecular formula is C24H25FO3S. The van der Waals surface area contributed by atoms with Gasteiger partial charge in [-0.25, -0.2) is 4.39 Å². The highest BCUT2D eigenvalue weighted by atomic mass is 32.2. The van der Waals surface area contributed by atoms with Gasteiger partial charge in [0.1, 0.15) is 18.0 Å². The molecule has 0 unspecified atom stereocenters. The molecular weight excluding hydrogens is 387 g/mol. The monoisotopic (exact) mass is 412 g/mol. The van der Waals surface area contributed by atoms with Crippen molar-refractivity contribution in [1.29, 1.82) is 0 Å². The summed E-state index contributed by atoms with van der Waals surface area (Å²) in [5, 5.41) is 2.44. The number of halogens is 1. The smallest absolute Gasteiger partial charge is 0.163 e. The van der Waals surface area contributed by atoms with Gasteiger partial charge in [0, 0.05) is 17.8 Å². The van der Waals surface area contributed by atoms with Gasteiger partial charge in [0.2, 0.25) is 0 Å². The Labute approximate surface area is 175 Å². The molecule has 0 N–H and O–H groups in total. The van der Waals surface area contributed by atoms with E-state index in [1.807, 2.05) is 32.0 Å². The van der Waals surface area contributed by atoms with Gasteiger partial charge >= 0.3 is 0 Å². The molecule has 1 heterocycles. The van der Waals surface area contributed by atoms with Gasteiger partial charge in [-0.05, 0) is 53.9 Å². The molecule has 0 aromatic heterocycles. The molecule has 0 amide bonds. The number of hydrogen-bond acceptors (Lipinski definition) is 4. The molecule has 0 aliphatic carbocycles. The first-order valence-electron chi connectivity index (χ1n) is 9.69. The van der Waals surface area contributed by atoms with Crippen LogP contribution >= 0.6 is 11.8 Å². The van der Waals surface area contributed by atoms with E-state index >= 15 is 0 Å². The molecule has 1 aliphatic rings. The van der Waals surface area contributed by atoms with E-state index < -0.39 is 5.79 Å². The maximum Gasteiger partial charge on any atom is 0.163 e. The minimum absolute atomic E-state index is 0.268. The van der Waals surface area contributed by atoms with Gasteiger partial charge in [-0.2, -0.15) is 0 Å². The van der Waals surface area contributed by atoms with E-state index in [9.17, 15) is 4.39 Å². The molecule has 0 saturated carbocycles. The molecule has 29 heavy (non-hydrogen) atoms. The molecule has 152 valence electrons. The minimum Gasteiger partial charge on any atom is -0.374 e. The molecule has 5 heteroatoms. The first kappa shape index (κ1) is 20.4. The normalized spacial score (nSPS) is 19.5. The van der Waals surface area contributed by atoms with E-state index in [4.69, 9.17) is 14.2 Å². The fourth-order valence-corrected chi connectivity index (χ4v) is 4.62. The second-order valence-corrected chi connectivity index (χ2v) is 8.76. The largest absolute Gasteiger partial charge is 0.374 e. The molecule has 3 aromatic rings. The van der Waals surface area contributed by atoms with Gasteiger partial charge in [0.25, 0.3) is 0 Å². The molecule has 0 spiro atoms. The quantitative estimate of drug-likeness (QED) is 0.457. The summed E-state index contributed by atoms with van der Waals surface area (Å²) in [7, 11) is 1.62. The van der Waals surface area contributed by atoms with Gasteiger partial charge in [-0.3, -0.25) is 0 Å². The van der Waals surface area contributed by atoms with Crippen LogP contribution in [-0.2, 0) is 20.0 Å². The van der Waals surface area contributed by atoms with Crippen LogP contribution in [0, 0.1) is 5.82 Å². The van der Waals surface area contributed by atoms with E-state index in [1.54, 1.807) is 24.9 Å². The van der Waals surface area contributed by atoms with Crippen LogP contribution in [0.3, 0.4) is 0 Å². The Morgan fingerprint density at radius 1 is 1.10 bits per heavy atom. The Morgan fingerprint density at radius 3 is 2.62 bits per heavy atom. The van der Waals surface area contributed by atoms with Crippen molar-refractivity contribution < 1.29 is 18.6 Å². The van der Waals surface area contributed by atoms with Crippen LogP contribution in [0.4, 0.5) is 4.39 Å². The summed E-state index contributed by atoms with van der Waals surface area (Å²) in [6, 6.07) is 19.8. The first-order valence-corrected chi connectivity index (χ1v) is 10.7. The molecule has 1 fully saturated rings. The number of ether oxygens (including phenoxy) is 3. The summed E-state index contributed by atoms with van der Waals surface area (Å²) in [5.41, 5.74) is 1.97. The zero-order valence-corrected chi connectivity index (χ0v) is 17.7. The minimum atomic E-state index is -0.650. The maximum atomic E-state index is 14.4. The molecule has 2 atom stereocenters. The van der Waals surface area contributed by atoms with Gasteiger partial charge in [0.15, 0.2) is 5.79 Å². The Balaban J connectivity index is 1.51. The van der Waals surface area contributed by atoms with Gasteiger partial charge in [-0.15, -0.1) is 11.8 Å². The van der Waals surface area contributed by atoms with Crippen molar-refractivity contribution >= 4 is 22.5 Å². The van der Waals surface area contributed by atoms with Crippen LogP contribution in [-0.4, -0.2) is 25.6 Å². The standard InChI is InChI=1S/C24H25FO3S/c1-24(2)27-14-22(28-24)23(26-3)19-11-20(25)13-21(12-19)29-15-16-8-9-17-6-4-5-7-18(17)10-16/h4-13,22-23H,14-15H2,1-3H3/t22-,23+/m1/s1. The van der Waals surface area contributed by atoms with Crippen molar-refractivity contribution in [2.45, 2.75) is 42.5 Å². The van der Waals surface area contributed by atoms with Crippen molar-refractivity contribution in [1.82, 2.24) is 0 Å². The average Bonchev–Trinajstić information content (AvgIpc) is 3.06. The molecule has 0 radical (unpaired) electrons. The maximum absolute atomic E-state index is 14.4. The van der Waals surface area contributed by atoms with Gasteiger partial charge in [0.05, 0.1) is 6.61 Å². The summed E-state index contributed by atoms with van der Waals surface area (Å²) in [6.45, 7) is 4.16. The predicted octanol–water partition coefficient (Wildman–Crippen LogP) is 6.11. The topological polar surface area (TPSA) is 27.7 Å². The molecule has 1 saturated heterocycles. The third-order valence-electron chi connectivity index (χ3n) is 5.06. The Hall–Kier alpha value is -1.92. The van der Waals surface area contributed by atoms with Crippen LogP contribution in [0.1, 0.15) is 31.1 Å². The lowest BCUT2D eigenvalue weighted by atomic mass is 10.0. The highest BCUT2D eigenvalue weighted by molar-refractivity contribution is 7.98. The molecule has 3 nitrogen and oxygen atoms in total. The van der Waals surface area contributed by atoms with E-state index in [2.05, 4.69) is 30.3 Å². The Bertz CT molecular complexity index is 1000. The van der Waals surface area contributed by atoms with Crippen molar-refractivity contribution in [2.75, 3.05) is 13.7 Å². The van der Waals surface area contributed by atoms with E-state index in [0.29, 0.717) is 6.61 Å². The summed E-state index contributed by atoms with van der Waals surface area (Å²) in [6.07, 6.45) is -0.650. The van der Waals surface area contributed by atoms with Crippen LogP contribution in [0.5, 0.6) is 0 Å².